The highest BCUT2D eigenvalue weighted by molar-refractivity contribution is 7.71. The molecule has 2 aliphatic heterocycles. The molecule has 2 atom stereocenters. The molecule has 1 aliphatic carbocycles. The first-order valence-corrected chi connectivity index (χ1v) is 7.94. The van der Waals surface area contributed by atoms with Crippen molar-refractivity contribution in [2.45, 2.75) is 62.4 Å². The van der Waals surface area contributed by atoms with Gasteiger partial charge in [0.15, 0.2) is 0 Å². The van der Waals surface area contributed by atoms with Crippen LogP contribution in [-0.4, -0.2) is 34.0 Å². The second-order valence-corrected chi connectivity index (χ2v) is 6.97. The molecule has 0 amide bonds. The van der Waals surface area contributed by atoms with Crippen LogP contribution in [0.25, 0.3) is 0 Å². The topological polar surface area (TPSA) is 31.9 Å². The first kappa shape index (κ1) is 12.0. The number of piperidine rings is 1. The van der Waals surface area contributed by atoms with Crippen LogP contribution in [0, 0.1) is 4.64 Å². The van der Waals surface area contributed by atoms with Crippen LogP contribution < -0.4 is 0 Å². The highest BCUT2D eigenvalue weighted by Crippen LogP contribution is 2.43. The minimum absolute atomic E-state index is 0.592. The predicted octanol–water partition coefficient (Wildman–Crippen LogP) is 3.36. The van der Waals surface area contributed by atoms with Gasteiger partial charge in [0.2, 0.25) is 0 Å². The van der Waals surface area contributed by atoms with Crippen LogP contribution in [0.1, 0.15) is 61.9 Å². The Morgan fingerprint density at radius 3 is 2.47 bits per heavy atom. The lowest BCUT2D eigenvalue weighted by molar-refractivity contribution is 0.158. The summed E-state index contributed by atoms with van der Waals surface area (Å²) < 4.78 is 0.780. The van der Waals surface area contributed by atoms with Crippen LogP contribution in [0.4, 0.5) is 0 Å². The summed E-state index contributed by atoms with van der Waals surface area (Å²) in [5.41, 5.74) is 1.33. The molecule has 3 aliphatic rings. The molecular weight excluding hydrogens is 254 g/mol. The Bertz CT molecular complexity index is 535. The van der Waals surface area contributed by atoms with Crippen molar-refractivity contribution in [3.8, 4) is 0 Å². The monoisotopic (exact) mass is 275 g/mol. The van der Waals surface area contributed by atoms with Crippen LogP contribution >= 0.6 is 12.2 Å². The van der Waals surface area contributed by atoms with Crippen LogP contribution in [-0.2, 0) is 0 Å². The minimum atomic E-state index is 0.592. The van der Waals surface area contributed by atoms with Gasteiger partial charge in [0.25, 0.3) is 0 Å². The smallest absolute Gasteiger partial charge is 0.130 e. The van der Waals surface area contributed by atoms with Gasteiger partial charge >= 0.3 is 0 Å². The Balaban J connectivity index is 1.64. The van der Waals surface area contributed by atoms with Crippen molar-refractivity contribution in [3.05, 3.63) is 22.2 Å². The fourth-order valence-electron chi connectivity index (χ4n) is 3.94. The largest absolute Gasteiger partial charge is 0.347 e. The second kappa shape index (κ2) is 4.38. The lowest BCUT2D eigenvalue weighted by Gasteiger charge is -2.35. The zero-order chi connectivity index (χ0) is 13.0. The molecule has 1 aromatic heterocycles. The van der Waals surface area contributed by atoms with Crippen LogP contribution in [0.5, 0.6) is 0 Å². The van der Waals surface area contributed by atoms with E-state index in [4.69, 9.17) is 12.2 Å². The molecular formula is C15H21N3S. The number of hydrogen-bond donors (Lipinski definition) is 1. The van der Waals surface area contributed by atoms with Crippen LogP contribution in [0.15, 0.2) is 6.07 Å². The molecule has 0 spiro atoms. The fraction of sp³-hybridized carbons (Fsp3) is 0.733. The summed E-state index contributed by atoms with van der Waals surface area (Å²) in [6, 6.07) is 3.59. The molecule has 4 rings (SSSR count). The van der Waals surface area contributed by atoms with E-state index in [1.807, 2.05) is 0 Å². The maximum absolute atomic E-state index is 5.36. The molecule has 2 unspecified atom stereocenters. The molecule has 3 fully saturated rings. The SMILES string of the molecule is CN1C2CCC1CC(c1nc(=S)cc(C3CC3)[nH]1)C2. The Labute approximate surface area is 119 Å². The molecule has 19 heavy (non-hydrogen) atoms. The third-order valence-corrected chi connectivity index (χ3v) is 5.49. The standard InChI is InChI=1S/C15H21N3S/c1-18-11-4-5-12(18)7-10(6-11)15-16-13(9-2-3-9)8-14(19)17-15/h8-12H,2-7H2,1H3,(H,16,17,19). The lowest BCUT2D eigenvalue weighted by atomic mass is 9.90. The molecule has 0 radical (unpaired) electrons. The zero-order valence-corrected chi connectivity index (χ0v) is 12.2. The molecule has 4 heteroatoms. The van der Waals surface area contributed by atoms with Gasteiger partial charge in [-0.1, -0.05) is 12.2 Å². The van der Waals surface area contributed by atoms with Crippen molar-refractivity contribution < 1.29 is 0 Å². The molecule has 2 saturated heterocycles. The normalized spacial score (nSPS) is 34.7. The van der Waals surface area contributed by atoms with Crippen molar-refractivity contribution in [3.63, 3.8) is 0 Å². The van der Waals surface area contributed by atoms with Gasteiger partial charge in [-0.3, -0.25) is 0 Å². The minimum Gasteiger partial charge on any atom is -0.347 e. The van der Waals surface area contributed by atoms with Gasteiger partial charge < -0.3 is 9.88 Å². The third-order valence-electron chi connectivity index (χ3n) is 5.28. The molecule has 1 saturated carbocycles. The van der Waals surface area contributed by atoms with Gasteiger partial charge in [-0.05, 0) is 57.6 Å². The first-order valence-electron chi connectivity index (χ1n) is 7.54. The summed E-state index contributed by atoms with van der Waals surface area (Å²) in [4.78, 5) is 10.8. The molecule has 1 N–H and O–H groups in total. The Kier molecular flexibility index (Phi) is 2.78. The summed E-state index contributed by atoms with van der Waals surface area (Å²) in [5.74, 6) is 2.49. The maximum Gasteiger partial charge on any atom is 0.130 e. The third kappa shape index (κ3) is 2.15. The first-order chi connectivity index (χ1) is 9.20. The van der Waals surface area contributed by atoms with E-state index < -0.39 is 0 Å². The highest BCUT2D eigenvalue weighted by Gasteiger charge is 2.39. The summed E-state index contributed by atoms with van der Waals surface area (Å²) in [7, 11) is 2.29. The average molecular weight is 275 g/mol. The number of nitrogens with one attached hydrogen (secondary N) is 1. The number of hydrogen-bond acceptors (Lipinski definition) is 3. The van der Waals surface area contributed by atoms with E-state index in [1.165, 1.54) is 50.0 Å². The Hall–Kier alpha value is -0.740. The summed E-state index contributed by atoms with van der Waals surface area (Å²) >= 11 is 5.36. The average Bonchev–Trinajstić information content (AvgIpc) is 3.21. The van der Waals surface area contributed by atoms with Crippen molar-refractivity contribution >= 4 is 12.2 Å². The predicted molar refractivity (Wildman–Crippen MR) is 77.9 cm³/mol. The number of nitrogens with zero attached hydrogens (tertiary/aromatic N) is 2. The van der Waals surface area contributed by atoms with E-state index in [2.05, 4.69) is 28.0 Å². The quantitative estimate of drug-likeness (QED) is 0.840. The Morgan fingerprint density at radius 2 is 1.84 bits per heavy atom. The van der Waals surface area contributed by atoms with Crippen molar-refractivity contribution in [1.82, 2.24) is 14.9 Å². The van der Waals surface area contributed by atoms with Gasteiger partial charge in [-0.2, -0.15) is 0 Å². The maximum atomic E-state index is 5.36. The van der Waals surface area contributed by atoms with Crippen molar-refractivity contribution in [2.24, 2.45) is 0 Å². The molecule has 3 heterocycles. The van der Waals surface area contributed by atoms with E-state index in [1.54, 1.807) is 0 Å². The second-order valence-electron chi connectivity index (χ2n) is 6.55. The molecule has 0 aromatic carbocycles. The number of fused-ring (bicyclic) bond motifs is 2. The van der Waals surface area contributed by atoms with E-state index in [-0.39, 0.29) is 0 Å². The summed E-state index contributed by atoms with van der Waals surface area (Å²) in [5, 5.41) is 0. The number of H-pyrrole nitrogens is 1. The van der Waals surface area contributed by atoms with E-state index >= 15 is 0 Å². The molecule has 1 aromatic rings. The lowest BCUT2D eigenvalue weighted by Crippen LogP contribution is -2.39. The number of aromatic amines is 1. The van der Waals surface area contributed by atoms with Gasteiger partial charge in [-0.25, -0.2) is 4.98 Å². The Morgan fingerprint density at radius 1 is 1.16 bits per heavy atom. The highest BCUT2D eigenvalue weighted by atomic mass is 32.1. The summed E-state index contributed by atoms with van der Waals surface area (Å²) in [6.45, 7) is 0. The molecule has 3 nitrogen and oxygen atoms in total. The van der Waals surface area contributed by atoms with Gasteiger partial charge in [0, 0.05) is 23.7 Å². The van der Waals surface area contributed by atoms with Gasteiger partial charge in [0.05, 0.1) is 0 Å². The van der Waals surface area contributed by atoms with E-state index in [0.717, 1.165) is 22.6 Å². The van der Waals surface area contributed by atoms with Gasteiger partial charge in [-0.15, -0.1) is 0 Å². The summed E-state index contributed by atoms with van der Waals surface area (Å²) in [6.07, 6.45) is 7.85. The van der Waals surface area contributed by atoms with Gasteiger partial charge in [0.1, 0.15) is 10.5 Å². The number of aromatic nitrogens is 2. The number of rotatable bonds is 2. The van der Waals surface area contributed by atoms with Crippen molar-refractivity contribution in [2.75, 3.05) is 7.05 Å². The van der Waals surface area contributed by atoms with Crippen molar-refractivity contribution in [1.29, 1.82) is 0 Å². The van der Waals surface area contributed by atoms with Crippen LogP contribution in [0.2, 0.25) is 0 Å². The fourth-order valence-corrected chi connectivity index (χ4v) is 4.16. The van der Waals surface area contributed by atoms with Crippen LogP contribution in [0.3, 0.4) is 0 Å². The zero-order valence-electron chi connectivity index (χ0n) is 11.4. The molecule has 2 bridgehead atoms. The van der Waals surface area contributed by atoms with E-state index in [9.17, 15) is 0 Å². The van der Waals surface area contributed by atoms with E-state index in [0.29, 0.717) is 5.92 Å². The molecule has 102 valence electrons.